The first kappa shape index (κ1) is 30.7. The molecule has 196 valence electrons. The molecule has 0 aliphatic carbocycles. The zero-order chi connectivity index (χ0) is 27.3. The van der Waals surface area contributed by atoms with Gasteiger partial charge in [0.15, 0.2) is 0 Å². The Morgan fingerprint density at radius 2 is 1.09 bits per heavy atom. The number of amides is 5. The van der Waals surface area contributed by atoms with Crippen LogP contribution in [0, 0.1) is 0 Å². The van der Waals surface area contributed by atoms with Gasteiger partial charge in [-0.25, -0.2) is 4.79 Å². The van der Waals surface area contributed by atoms with E-state index in [1.807, 2.05) is 16.0 Å². The maximum absolute atomic E-state index is 12.6. The summed E-state index contributed by atoms with van der Waals surface area (Å²) in [6, 6.07) is -6.60. The van der Waals surface area contributed by atoms with Crippen LogP contribution in [0.25, 0.3) is 0 Å². The topological polar surface area (TPSA) is 311 Å². The molecule has 4 atom stereocenters. The minimum absolute atomic E-state index is 0.206. The molecule has 0 aromatic heterocycles. The summed E-state index contributed by atoms with van der Waals surface area (Å²) in [5.74, 6) is -9.81. The van der Waals surface area contributed by atoms with Crippen LogP contribution < -0.4 is 33.2 Å². The van der Waals surface area contributed by atoms with E-state index >= 15 is 0 Å². The van der Waals surface area contributed by atoms with E-state index < -0.39 is 97.3 Å². The fraction of sp³-hybridized carbons (Fsp3) is 0.556. The highest BCUT2D eigenvalue weighted by Crippen LogP contribution is 2.03. The van der Waals surface area contributed by atoms with E-state index in [1.54, 1.807) is 0 Å². The molecule has 0 radical (unpaired) electrons. The van der Waals surface area contributed by atoms with Crippen LogP contribution >= 0.6 is 0 Å². The van der Waals surface area contributed by atoms with Gasteiger partial charge in [-0.1, -0.05) is 0 Å². The number of nitrogens with two attached hydrogens (primary N) is 3. The van der Waals surface area contributed by atoms with Crippen molar-refractivity contribution >= 4 is 47.4 Å². The number of carbonyl (C=O) groups is 8. The van der Waals surface area contributed by atoms with Crippen molar-refractivity contribution in [1.29, 1.82) is 0 Å². The Kier molecular flexibility index (Phi) is 13.0. The number of hydrogen-bond donors (Lipinski definition) is 9. The quantitative estimate of drug-likeness (QED) is 0.0902. The molecule has 0 aliphatic rings. The molecule has 12 N–H and O–H groups in total. The second-order valence-corrected chi connectivity index (χ2v) is 7.33. The molecule has 0 aromatic rings. The van der Waals surface area contributed by atoms with Gasteiger partial charge < -0.3 is 48.5 Å². The number of rotatable bonds is 17. The van der Waals surface area contributed by atoms with E-state index in [0.717, 1.165) is 0 Å². The third-order valence-corrected chi connectivity index (χ3v) is 4.35. The molecular formula is C18H28N6O11. The smallest absolute Gasteiger partial charge is 0.326 e. The Balaban J connectivity index is 5.53. The summed E-state index contributed by atoms with van der Waals surface area (Å²) in [7, 11) is 0. The molecule has 0 aliphatic heterocycles. The molecule has 0 fully saturated rings. The molecule has 0 heterocycles. The molecule has 0 rings (SSSR count). The molecule has 17 heteroatoms. The van der Waals surface area contributed by atoms with Crippen molar-refractivity contribution in [2.75, 3.05) is 0 Å². The fourth-order valence-corrected chi connectivity index (χ4v) is 2.57. The van der Waals surface area contributed by atoms with E-state index in [4.69, 9.17) is 32.5 Å². The van der Waals surface area contributed by atoms with Crippen LogP contribution in [-0.4, -0.2) is 86.9 Å². The molecule has 35 heavy (non-hydrogen) atoms. The zero-order valence-corrected chi connectivity index (χ0v) is 18.4. The molecule has 0 bridgehead atoms. The summed E-state index contributed by atoms with van der Waals surface area (Å²) >= 11 is 0. The number of carboxylic acid groups (broad SMARTS) is 3. The number of aliphatic carboxylic acids is 3. The molecule has 5 amide bonds. The lowest BCUT2D eigenvalue weighted by molar-refractivity contribution is -0.144. The van der Waals surface area contributed by atoms with Gasteiger partial charge in [0.05, 0.1) is 18.9 Å². The van der Waals surface area contributed by atoms with Gasteiger partial charge in [0.25, 0.3) is 0 Å². The molecule has 0 spiro atoms. The molecule has 0 saturated carbocycles. The Labute approximate surface area is 197 Å². The zero-order valence-electron chi connectivity index (χ0n) is 18.4. The van der Waals surface area contributed by atoms with Crippen molar-refractivity contribution in [1.82, 2.24) is 16.0 Å². The largest absolute Gasteiger partial charge is 0.481 e. The monoisotopic (exact) mass is 504 g/mol. The van der Waals surface area contributed by atoms with Crippen molar-refractivity contribution < 1.29 is 53.7 Å². The lowest BCUT2D eigenvalue weighted by Gasteiger charge is -2.24. The van der Waals surface area contributed by atoms with Crippen LogP contribution in [0.5, 0.6) is 0 Å². The van der Waals surface area contributed by atoms with Gasteiger partial charge in [0, 0.05) is 12.8 Å². The summed E-state index contributed by atoms with van der Waals surface area (Å²) in [5, 5.41) is 32.9. The van der Waals surface area contributed by atoms with Crippen LogP contribution in [0.3, 0.4) is 0 Å². The van der Waals surface area contributed by atoms with Gasteiger partial charge in [-0.3, -0.25) is 33.6 Å². The van der Waals surface area contributed by atoms with E-state index in [9.17, 15) is 38.4 Å². The summed E-state index contributed by atoms with van der Waals surface area (Å²) in [6.07, 6.45) is -3.42. The van der Waals surface area contributed by atoms with Crippen LogP contribution in [0.2, 0.25) is 0 Å². The first-order valence-electron chi connectivity index (χ1n) is 10.0. The second-order valence-electron chi connectivity index (χ2n) is 7.33. The number of nitrogens with one attached hydrogen (secondary N) is 3. The van der Waals surface area contributed by atoms with Crippen molar-refractivity contribution in [3.05, 3.63) is 0 Å². The summed E-state index contributed by atoms with van der Waals surface area (Å²) in [6.45, 7) is 0. The maximum Gasteiger partial charge on any atom is 0.326 e. The summed E-state index contributed by atoms with van der Waals surface area (Å²) in [4.78, 5) is 92.5. The Hall–Kier alpha value is -4.28. The molecule has 17 nitrogen and oxygen atoms in total. The average molecular weight is 504 g/mol. The number of primary amides is 2. The summed E-state index contributed by atoms with van der Waals surface area (Å²) < 4.78 is 0. The predicted molar refractivity (Wildman–Crippen MR) is 113 cm³/mol. The highest BCUT2D eigenvalue weighted by molar-refractivity contribution is 5.97. The molecule has 4 unspecified atom stereocenters. The van der Waals surface area contributed by atoms with Crippen LogP contribution in [0.15, 0.2) is 0 Å². The van der Waals surface area contributed by atoms with E-state index in [0.29, 0.717) is 0 Å². The Morgan fingerprint density at radius 1 is 0.600 bits per heavy atom. The Bertz CT molecular complexity index is 862. The first-order valence-corrected chi connectivity index (χ1v) is 10.0. The summed E-state index contributed by atoms with van der Waals surface area (Å²) in [5.41, 5.74) is 15.6. The number of carbonyl (C=O) groups excluding carboxylic acids is 5. The van der Waals surface area contributed by atoms with E-state index in [-0.39, 0.29) is 12.8 Å². The van der Waals surface area contributed by atoms with Crippen molar-refractivity contribution in [3.8, 4) is 0 Å². The van der Waals surface area contributed by atoms with Gasteiger partial charge in [0.1, 0.15) is 18.1 Å². The third kappa shape index (κ3) is 13.1. The van der Waals surface area contributed by atoms with Gasteiger partial charge in [-0.05, 0) is 12.8 Å². The highest BCUT2D eigenvalue weighted by atomic mass is 16.4. The van der Waals surface area contributed by atoms with Crippen LogP contribution in [-0.2, 0) is 38.4 Å². The molecule has 0 aromatic carbocycles. The lowest BCUT2D eigenvalue weighted by atomic mass is 10.1. The van der Waals surface area contributed by atoms with Gasteiger partial charge in [-0.2, -0.15) is 0 Å². The average Bonchev–Trinajstić information content (AvgIpc) is 2.72. The van der Waals surface area contributed by atoms with Crippen molar-refractivity contribution in [2.24, 2.45) is 17.2 Å². The van der Waals surface area contributed by atoms with Gasteiger partial charge in [-0.15, -0.1) is 0 Å². The van der Waals surface area contributed by atoms with Crippen LogP contribution in [0.1, 0.15) is 38.5 Å². The molecule has 0 saturated heterocycles. The maximum atomic E-state index is 12.6. The third-order valence-electron chi connectivity index (χ3n) is 4.35. The van der Waals surface area contributed by atoms with Gasteiger partial charge in [0.2, 0.25) is 29.5 Å². The number of carboxylic acids is 3. The second kappa shape index (κ2) is 14.8. The number of hydrogen-bond acceptors (Lipinski definition) is 9. The highest BCUT2D eigenvalue weighted by Gasteiger charge is 2.32. The molecular weight excluding hydrogens is 476 g/mol. The van der Waals surface area contributed by atoms with Crippen molar-refractivity contribution in [3.63, 3.8) is 0 Å². The van der Waals surface area contributed by atoms with Crippen molar-refractivity contribution in [2.45, 2.75) is 62.7 Å². The Morgan fingerprint density at radius 3 is 1.51 bits per heavy atom. The normalized spacial score (nSPS) is 13.9. The predicted octanol–water partition coefficient (Wildman–Crippen LogP) is -4.67. The van der Waals surface area contributed by atoms with E-state index in [1.165, 1.54) is 0 Å². The van der Waals surface area contributed by atoms with Gasteiger partial charge >= 0.3 is 17.9 Å². The minimum atomic E-state index is -1.79. The SMILES string of the molecule is NC(=O)CCC(N)C(=O)NC(CC(=O)O)C(=O)NC(CC(N)=O)C(=O)NC(CCC(=O)O)C(=O)O. The minimum Gasteiger partial charge on any atom is -0.481 e. The van der Waals surface area contributed by atoms with Crippen LogP contribution in [0.4, 0.5) is 0 Å². The van der Waals surface area contributed by atoms with E-state index in [2.05, 4.69) is 0 Å². The lowest BCUT2D eigenvalue weighted by Crippen LogP contribution is -2.58. The first-order chi connectivity index (χ1) is 16.1. The fourth-order valence-electron chi connectivity index (χ4n) is 2.57. The standard InChI is InChI=1S/C18H28N6O11/c19-7(1-3-11(20)25)15(31)23-10(6-14(29)30)17(33)24-9(5-12(21)26)16(32)22-8(18(34)35)2-4-13(27)28/h7-10H,1-6,19H2,(H2,20,25)(H2,21,26)(H,22,32)(H,23,31)(H,24,33)(H,27,28)(H,29,30)(H,34,35).